The molecule has 1 unspecified atom stereocenters. The number of aliphatic carboxylic acids is 1. The van der Waals surface area contributed by atoms with Gasteiger partial charge in [-0.1, -0.05) is 20.3 Å². The van der Waals surface area contributed by atoms with E-state index in [0.29, 0.717) is 18.5 Å². The largest absolute Gasteiger partial charge is 0.480 e. The molecule has 0 aliphatic rings. The first-order chi connectivity index (χ1) is 8.49. The maximum Gasteiger partial charge on any atom is 0.326 e. The molecule has 0 radical (unpaired) electrons. The number of carboxylic acids is 1. The van der Waals surface area contributed by atoms with Crippen molar-refractivity contribution >= 4 is 11.9 Å². The zero-order valence-electron chi connectivity index (χ0n) is 10.9. The molecule has 0 aliphatic carbocycles. The van der Waals surface area contributed by atoms with Gasteiger partial charge in [0.15, 0.2) is 0 Å². The van der Waals surface area contributed by atoms with Crippen molar-refractivity contribution in [3.63, 3.8) is 0 Å². The Bertz CT molecular complexity index is 440. The fourth-order valence-electron chi connectivity index (χ4n) is 1.69. The fraction of sp³-hybridized carbons (Fsp3) is 0.583. The number of rotatable bonds is 6. The van der Waals surface area contributed by atoms with Crippen LogP contribution in [0.25, 0.3) is 0 Å². The maximum absolute atomic E-state index is 11.9. The van der Waals surface area contributed by atoms with Crippen LogP contribution < -0.4 is 5.32 Å². The normalized spacial score (nSPS) is 12.2. The summed E-state index contributed by atoms with van der Waals surface area (Å²) < 4.78 is 1.47. The molecule has 1 atom stereocenters. The van der Waals surface area contributed by atoms with E-state index in [0.717, 1.165) is 12.1 Å². The zero-order valence-corrected chi connectivity index (χ0v) is 10.9. The highest BCUT2D eigenvalue weighted by molar-refractivity contribution is 5.95. The average Bonchev–Trinajstić information content (AvgIpc) is 2.69. The number of nitrogens with zero attached hydrogens (tertiary/aromatic N) is 2. The lowest BCUT2D eigenvalue weighted by Gasteiger charge is -2.13. The van der Waals surface area contributed by atoms with E-state index in [1.807, 2.05) is 13.8 Å². The van der Waals surface area contributed by atoms with Gasteiger partial charge in [0.1, 0.15) is 11.7 Å². The van der Waals surface area contributed by atoms with Gasteiger partial charge in [0, 0.05) is 7.05 Å². The van der Waals surface area contributed by atoms with Crippen LogP contribution >= 0.6 is 0 Å². The van der Waals surface area contributed by atoms with Crippen molar-refractivity contribution in [3.05, 3.63) is 17.5 Å². The maximum atomic E-state index is 11.9. The van der Waals surface area contributed by atoms with Crippen molar-refractivity contribution in [1.82, 2.24) is 15.1 Å². The van der Waals surface area contributed by atoms with E-state index in [4.69, 9.17) is 5.11 Å². The molecule has 2 N–H and O–H groups in total. The molecule has 0 fully saturated rings. The molecule has 0 saturated carbocycles. The Balaban J connectivity index is 2.79. The monoisotopic (exact) mass is 253 g/mol. The lowest BCUT2D eigenvalue weighted by atomic mass is 10.1. The Labute approximate surface area is 106 Å². The summed E-state index contributed by atoms with van der Waals surface area (Å²) in [7, 11) is 1.67. The molecular weight excluding hydrogens is 234 g/mol. The molecule has 0 aliphatic heterocycles. The molecule has 0 aromatic carbocycles. The molecule has 0 bridgehead atoms. The van der Waals surface area contributed by atoms with Crippen LogP contribution in [0, 0.1) is 0 Å². The number of nitrogens with one attached hydrogen (secondary N) is 1. The highest BCUT2D eigenvalue weighted by Gasteiger charge is 2.21. The predicted octanol–water partition coefficient (Wildman–Crippen LogP) is 0.966. The van der Waals surface area contributed by atoms with Gasteiger partial charge in [-0.3, -0.25) is 9.48 Å². The van der Waals surface area contributed by atoms with E-state index in [9.17, 15) is 9.59 Å². The van der Waals surface area contributed by atoms with Gasteiger partial charge in [-0.15, -0.1) is 0 Å². The number of carbonyl (C=O) groups is 2. The standard InChI is InChI=1S/C12H19N3O3/c1-4-6-9(12(17)18)13-11(16)10-7-8(5-2)14-15(10)3/h7,9H,4-6H2,1-3H3,(H,13,16)(H,17,18). The van der Waals surface area contributed by atoms with E-state index in [1.54, 1.807) is 13.1 Å². The number of aryl methyl sites for hydroxylation is 2. The third-order valence-corrected chi connectivity index (χ3v) is 2.71. The molecule has 1 aromatic rings. The van der Waals surface area contributed by atoms with Crippen LogP contribution in [-0.2, 0) is 18.3 Å². The minimum Gasteiger partial charge on any atom is -0.480 e. The SMILES string of the molecule is CCCC(NC(=O)c1cc(CC)nn1C)C(=O)O. The van der Waals surface area contributed by atoms with E-state index in [1.165, 1.54) is 4.68 Å². The molecule has 1 heterocycles. The van der Waals surface area contributed by atoms with Gasteiger partial charge in [0.25, 0.3) is 5.91 Å². The van der Waals surface area contributed by atoms with E-state index in [2.05, 4.69) is 10.4 Å². The number of hydrogen-bond acceptors (Lipinski definition) is 3. The lowest BCUT2D eigenvalue weighted by molar-refractivity contribution is -0.139. The van der Waals surface area contributed by atoms with Crippen LogP contribution in [0.2, 0.25) is 0 Å². The van der Waals surface area contributed by atoms with Crippen LogP contribution in [0.3, 0.4) is 0 Å². The minimum atomic E-state index is -1.01. The third kappa shape index (κ3) is 3.32. The fourth-order valence-corrected chi connectivity index (χ4v) is 1.69. The third-order valence-electron chi connectivity index (χ3n) is 2.71. The number of carboxylic acid groups (broad SMARTS) is 1. The molecular formula is C12H19N3O3. The van der Waals surface area contributed by atoms with Gasteiger partial charge in [0.05, 0.1) is 5.69 Å². The Hall–Kier alpha value is -1.85. The highest BCUT2D eigenvalue weighted by Crippen LogP contribution is 2.05. The summed E-state index contributed by atoms with van der Waals surface area (Å²) in [6, 6.07) is 0.836. The summed E-state index contributed by atoms with van der Waals surface area (Å²) >= 11 is 0. The van der Waals surface area contributed by atoms with Crippen molar-refractivity contribution in [3.8, 4) is 0 Å². The average molecular weight is 253 g/mol. The lowest BCUT2D eigenvalue weighted by Crippen LogP contribution is -2.41. The molecule has 6 heteroatoms. The van der Waals surface area contributed by atoms with Crippen molar-refractivity contribution in [2.75, 3.05) is 0 Å². The molecule has 0 saturated heterocycles. The van der Waals surface area contributed by atoms with Gasteiger partial charge in [0.2, 0.25) is 0 Å². The van der Waals surface area contributed by atoms with Crippen molar-refractivity contribution in [2.45, 2.75) is 39.2 Å². The zero-order chi connectivity index (χ0) is 13.7. The van der Waals surface area contributed by atoms with Crippen LogP contribution in [0.4, 0.5) is 0 Å². The summed E-state index contributed by atoms with van der Waals surface area (Å²) in [5.74, 6) is -1.41. The summed E-state index contributed by atoms with van der Waals surface area (Å²) in [4.78, 5) is 22.9. The second kappa shape index (κ2) is 6.18. The first-order valence-corrected chi connectivity index (χ1v) is 6.06. The number of amides is 1. The van der Waals surface area contributed by atoms with Gasteiger partial charge in [-0.2, -0.15) is 5.10 Å². The van der Waals surface area contributed by atoms with Gasteiger partial charge in [-0.05, 0) is 18.9 Å². The van der Waals surface area contributed by atoms with E-state index >= 15 is 0 Å². The number of aromatic nitrogens is 2. The molecule has 18 heavy (non-hydrogen) atoms. The Morgan fingerprint density at radius 2 is 2.17 bits per heavy atom. The van der Waals surface area contributed by atoms with Crippen LogP contribution in [0.5, 0.6) is 0 Å². The van der Waals surface area contributed by atoms with E-state index < -0.39 is 17.9 Å². The Kier molecular flexibility index (Phi) is 4.88. The minimum absolute atomic E-state index is 0.384. The van der Waals surface area contributed by atoms with Crippen LogP contribution in [0.1, 0.15) is 42.9 Å². The molecule has 100 valence electrons. The smallest absolute Gasteiger partial charge is 0.326 e. The summed E-state index contributed by atoms with van der Waals surface area (Å²) in [6.45, 7) is 3.82. The Morgan fingerprint density at radius 1 is 1.50 bits per heavy atom. The van der Waals surface area contributed by atoms with Crippen LogP contribution in [-0.4, -0.2) is 32.8 Å². The van der Waals surface area contributed by atoms with Gasteiger partial charge < -0.3 is 10.4 Å². The van der Waals surface area contributed by atoms with E-state index in [-0.39, 0.29) is 0 Å². The molecule has 6 nitrogen and oxygen atoms in total. The van der Waals surface area contributed by atoms with Crippen molar-refractivity contribution in [2.24, 2.45) is 7.05 Å². The quantitative estimate of drug-likeness (QED) is 0.791. The van der Waals surface area contributed by atoms with Gasteiger partial charge in [-0.25, -0.2) is 4.79 Å². The highest BCUT2D eigenvalue weighted by atomic mass is 16.4. The summed E-state index contributed by atoms with van der Waals surface area (Å²) in [5.41, 5.74) is 1.19. The molecule has 1 aromatic heterocycles. The molecule has 0 spiro atoms. The number of carbonyl (C=O) groups excluding carboxylic acids is 1. The topological polar surface area (TPSA) is 84.2 Å². The first-order valence-electron chi connectivity index (χ1n) is 6.06. The molecule has 1 rings (SSSR count). The van der Waals surface area contributed by atoms with Gasteiger partial charge >= 0.3 is 5.97 Å². The first kappa shape index (κ1) is 14.2. The number of hydrogen-bond donors (Lipinski definition) is 2. The second-order valence-electron chi connectivity index (χ2n) is 4.15. The van der Waals surface area contributed by atoms with Crippen molar-refractivity contribution < 1.29 is 14.7 Å². The Morgan fingerprint density at radius 3 is 2.61 bits per heavy atom. The summed E-state index contributed by atoms with van der Waals surface area (Å²) in [6.07, 6.45) is 1.85. The molecule has 1 amide bonds. The van der Waals surface area contributed by atoms with Crippen LogP contribution in [0.15, 0.2) is 6.07 Å². The second-order valence-corrected chi connectivity index (χ2v) is 4.15. The predicted molar refractivity (Wildman–Crippen MR) is 66.4 cm³/mol. The van der Waals surface area contributed by atoms with Crippen molar-refractivity contribution in [1.29, 1.82) is 0 Å². The summed E-state index contributed by atoms with van der Waals surface area (Å²) in [5, 5.41) is 15.7.